The average molecular weight is 329 g/mol. The highest BCUT2D eigenvalue weighted by atomic mass is 16.2. The van der Waals surface area contributed by atoms with Crippen LogP contribution in [-0.2, 0) is 6.54 Å². The van der Waals surface area contributed by atoms with Crippen LogP contribution in [0.1, 0.15) is 19.8 Å². The third-order valence-electron chi connectivity index (χ3n) is 4.01. The van der Waals surface area contributed by atoms with E-state index in [2.05, 4.69) is 30.5 Å². The molecule has 0 radical (unpaired) electrons. The summed E-state index contributed by atoms with van der Waals surface area (Å²) in [6.07, 6.45) is 10.8. The second-order valence-corrected chi connectivity index (χ2v) is 6.11. The first-order chi connectivity index (χ1) is 11.7. The smallest absolute Gasteiger partial charge is 0.315 e. The monoisotopic (exact) mass is 329 g/mol. The maximum absolute atomic E-state index is 12.2. The second kappa shape index (κ2) is 7.76. The number of anilines is 1. The minimum atomic E-state index is -0.136. The quantitative estimate of drug-likeness (QED) is 0.855. The highest BCUT2D eigenvalue weighted by Gasteiger charge is 2.23. The minimum Gasteiger partial charge on any atom is -0.339 e. The summed E-state index contributed by atoms with van der Waals surface area (Å²) in [5.41, 5.74) is 0. The zero-order valence-corrected chi connectivity index (χ0v) is 13.8. The molecule has 2 amide bonds. The highest BCUT2D eigenvalue weighted by molar-refractivity contribution is 5.74. The maximum Gasteiger partial charge on any atom is 0.315 e. The van der Waals surface area contributed by atoms with E-state index < -0.39 is 0 Å². The van der Waals surface area contributed by atoms with Gasteiger partial charge in [-0.3, -0.25) is 0 Å². The predicted molar refractivity (Wildman–Crippen MR) is 90.6 cm³/mol. The number of carbonyl (C=O) groups excluding carboxylic acids is 1. The molecule has 2 atom stereocenters. The molecule has 1 fully saturated rings. The number of amides is 2. The number of carbonyl (C=O) groups is 1. The lowest BCUT2D eigenvalue weighted by Crippen LogP contribution is -2.52. The van der Waals surface area contributed by atoms with Gasteiger partial charge in [-0.05, 0) is 25.8 Å². The van der Waals surface area contributed by atoms with Crippen molar-refractivity contribution < 1.29 is 4.79 Å². The molecule has 3 heterocycles. The molecule has 0 spiro atoms. The van der Waals surface area contributed by atoms with Gasteiger partial charge in [-0.1, -0.05) is 0 Å². The second-order valence-electron chi connectivity index (χ2n) is 6.11. The van der Waals surface area contributed by atoms with Crippen molar-refractivity contribution in [3.05, 3.63) is 37.2 Å². The summed E-state index contributed by atoms with van der Waals surface area (Å²) >= 11 is 0. The molecule has 24 heavy (non-hydrogen) atoms. The standard InChI is InChI=1S/C16H23N7O/c1-13(10-22-9-7-17-12-22)20-16(24)21-14-4-2-8-23(11-14)15-18-5-3-6-19-15/h3,5-7,9,12-14H,2,4,8,10-11H2,1H3,(H2,20,21,24). The molecule has 0 saturated carbocycles. The number of urea groups is 1. The summed E-state index contributed by atoms with van der Waals surface area (Å²) in [7, 11) is 0. The first kappa shape index (κ1) is 16.2. The van der Waals surface area contributed by atoms with Crippen molar-refractivity contribution in [3.8, 4) is 0 Å². The predicted octanol–water partition coefficient (Wildman–Crippen LogP) is 1.03. The van der Waals surface area contributed by atoms with Gasteiger partial charge in [0.1, 0.15) is 0 Å². The Morgan fingerprint density at radius 3 is 2.96 bits per heavy atom. The fourth-order valence-electron chi connectivity index (χ4n) is 2.94. The lowest BCUT2D eigenvalue weighted by Gasteiger charge is -2.33. The topological polar surface area (TPSA) is 88.0 Å². The Labute approximate surface area is 141 Å². The van der Waals surface area contributed by atoms with E-state index in [9.17, 15) is 4.79 Å². The van der Waals surface area contributed by atoms with Crippen LogP contribution in [0.4, 0.5) is 10.7 Å². The van der Waals surface area contributed by atoms with Gasteiger partial charge in [0.15, 0.2) is 0 Å². The van der Waals surface area contributed by atoms with E-state index in [0.717, 1.165) is 31.9 Å². The molecule has 2 aromatic rings. The van der Waals surface area contributed by atoms with Crippen molar-refractivity contribution in [3.63, 3.8) is 0 Å². The summed E-state index contributed by atoms with van der Waals surface area (Å²) in [6.45, 7) is 4.32. The van der Waals surface area contributed by atoms with Gasteiger partial charge < -0.3 is 20.1 Å². The lowest BCUT2D eigenvalue weighted by atomic mass is 10.1. The summed E-state index contributed by atoms with van der Waals surface area (Å²) in [4.78, 5) is 26.9. The van der Waals surface area contributed by atoms with Crippen LogP contribution in [0.2, 0.25) is 0 Å². The van der Waals surface area contributed by atoms with E-state index in [1.54, 1.807) is 31.0 Å². The summed E-state index contributed by atoms with van der Waals surface area (Å²) < 4.78 is 1.94. The Morgan fingerprint density at radius 1 is 1.38 bits per heavy atom. The van der Waals surface area contributed by atoms with Crippen LogP contribution >= 0.6 is 0 Å². The maximum atomic E-state index is 12.2. The number of hydrogen-bond acceptors (Lipinski definition) is 5. The Balaban J connectivity index is 1.47. The van der Waals surface area contributed by atoms with E-state index in [4.69, 9.17) is 0 Å². The van der Waals surface area contributed by atoms with Crippen LogP contribution in [0.3, 0.4) is 0 Å². The van der Waals surface area contributed by atoms with Gasteiger partial charge in [-0.2, -0.15) is 0 Å². The summed E-state index contributed by atoms with van der Waals surface area (Å²) in [5, 5.41) is 6.03. The van der Waals surface area contributed by atoms with Gasteiger partial charge in [-0.15, -0.1) is 0 Å². The van der Waals surface area contributed by atoms with E-state index >= 15 is 0 Å². The summed E-state index contributed by atoms with van der Waals surface area (Å²) in [6, 6.07) is 1.79. The number of piperidine rings is 1. The lowest BCUT2D eigenvalue weighted by molar-refractivity contribution is 0.230. The SMILES string of the molecule is CC(Cn1ccnc1)NC(=O)NC1CCCN(c2ncccn2)C1. The number of nitrogens with zero attached hydrogens (tertiary/aromatic N) is 5. The van der Waals surface area contributed by atoms with Crippen molar-refractivity contribution in [2.24, 2.45) is 0 Å². The number of imidazole rings is 1. The van der Waals surface area contributed by atoms with E-state index in [1.807, 2.05) is 17.7 Å². The molecule has 1 aliphatic rings. The minimum absolute atomic E-state index is 0.0244. The Bertz CT molecular complexity index is 631. The molecule has 8 heteroatoms. The van der Waals surface area contributed by atoms with Gasteiger partial charge >= 0.3 is 6.03 Å². The Hall–Kier alpha value is -2.64. The Kier molecular flexibility index (Phi) is 5.25. The third kappa shape index (κ3) is 4.43. The van der Waals surface area contributed by atoms with Crippen LogP contribution in [0.5, 0.6) is 0 Å². The third-order valence-corrected chi connectivity index (χ3v) is 4.01. The summed E-state index contributed by atoms with van der Waals surface area (Å²) in [5.74, 6) is 0.720. The molecule has 2 aromatic heterocycles. The van der Waals surface area contributed by atoms with Crippen molar-refractivity contribution in [2.75, 3.05) is 18.0 Å². The Morgan fingerprint density at radius 2 is 2.21 bits per heavy atom. The molecule has 1 saturated heterocycles. The number of rotatable bonds is 5. The van der Waals surface area contributed by atoms with E-state index in [1.165, 1.54) is 0 Å². The zero-order chi connectivity index (χ0) is 16.8. The molecule has 0 aromatic carbocycles. The number of aromatic nitrogens is 4. The van der Waals surface area contributed by atoms with Crippen LogP contribution < -0.4 is 15.5 Å². The molecule has 0 bridgehead atoms. The molecule has 3 rings (SSSR count). The molecule has 2 N–H and O–H groups in total. The van der Waals surface area contributed by atoms with E-state index in [0.29, 0.717) is 6.54 Å². The van der Waals surface area contributed by atoms with Crippen molar-refractivity contribution in [1.29, 1.82) is 0 Å². The van der Waals surface area contributed by atoms with Gasteiger partial charge in [0.2, 0.25) is 5.95 Å². The fraction of sp³-hybridized carbons (Fsp3) is 0.500. The molecular formula is C16H23N7O. The van der Waals surface area contributed by atoms with Crippen molar-refractivity contribution in [1.82, 2.24) is 30.2 Å². The van der Waals surface area contributed by atoms with Crippen LogP contribution in [0, 0.1) is 0 Å². The van der Waals surface area contributed by atoms with Crippen LogP contribution in [-0.4, -0.2) is 50.7 Å². The molecule has 128 valence electrons. The molecule has 0 aliphatic carbocycles. The average Bonchev–Trinajstić information content (AvgIpc) is 3.08. The number of nitrogens with one attached hydrogen (secondary N) is 2. The van der Waals surface area contributed by atoms with Gasteiger partial charge in [-0.25, -0.2) is 19.7 Å². The fourth-order valence-corrected chi connectivity index (χ4v) is 2.94. The first-order valence-corrected chi connectivity index (χ1v) is 8.25. The molecular weight excluding hydrogens is 306 g/mol. The highest BCUT2D eigenvalue weighted by Crippen LogP contribution is 2.15. The molecule has 8 nitrogen and oxygen atoms in total. The van der Waals surface area contributed by atoms with Crippen molar-refractivity contribution in [2.45, 2.75) is 38.4 Å². The van der Waals surface area contributed by atoms with Gasteiger partial charge in [0.25, 0.3) is 0 Å². The van der Waals surface area contributed by atoms with Crippen LogP contribution in [0.15, 0.2) is 37.2 Å². The van der Waals surface area contributed by atoms with E-state index in [-0.39, 0.29) is 18.1 Å². The van der Waals surface area contributed by atoms with Gasteiger partial charge in [0, 0.05) is 56.5 Å². The molecule has 2 unspecified atom stereocenters. The first-order valence-electron chi connectivity index (χ1n) is 8.25. The largest absolute Gasteiger partial charge is 0.339 e. The zero-order valence-electron chi connectivity index (χ0n) is 13.8. The van der Waals surface area contributed by atoms with Crippen molar-refractivity contribution >= 4 is 12.0 Å². The normalized spacial score (nSPS) is 18.9. The number of hydrogen-bond donors (Lipinski definition) is 2. The molecule has 1 aliphatic heterocycles. The van der Waals surface area contributed by atoms with Crippen LogP contribution in [0.25, 0.3) is 0 Å². The van der Waals surface area contributed by atoms with Gasteiger partial charge in [0.05, 0.1) is 6.33 Å².